The molecule has 1 amide bonds. The summed E-state index contributed by atoms with van der Waals surface area (Å²) in [6, 6.07) is 5.13. The van der Waals surface area contributed by atoms with Crippen LogP contribution in [0.3, 0.4) is 0 Å². The van der Waals surface area contributed by atoms with Gasteiger partial charge in [0.15, 0.2) is 0 Å². The zero-order chi connectivity index (χ0) is 12.3. The molecule has 2 aromatic heterocycles. The lowest BCUT2D eigenvalue weighted by Gasteiger charge is -1.99. The minimum Gasteiger partial charge on any atom is -0.469 e. The summed E-state index contributed by atoms with van der Waals surface area (Å²) in [5, 5.41) is 3.95. The molecule has 0 fully saturated rings. The van der Waals surface area contributed by atoms with Crippen molar-refractivity contribution in [1.82, 2.24) is 5.43 Å². The van der Waals surface area contributed by atoms with Crippen LogP contribution in [-0.2, 0) is 0 Å². The monoisotopic (exact) mass is 232 g/mol. The van der Waals surface area contributed by atoms with Crippen LogP contribution in [-0.4, -0.2) is 11.6 Å². The molecular formula is C12H12N2O3. The van der Waals surface area contributed by atoms with Crippen LogP contribution in [0.1, 0.15) is 28.8 Å². The van der Waals surface area contributed by atoms with Crippen molar-refractivity contribution in [3.63, 3.8) is 0 Å². The van der Waals surface area contributed by atoms with Crippen molar-refractivity contribution in [2.24, 2.45) is 5.10 Å². The first-order valence-electron chi connectivity index (χ1n) is 5.11. The number of carbonyl (C=O) groups is 1. The SMILES string of the molecule is C/C(=N/NC(=O)c1ccoc1C)c1ccco1. The first kappa shape index (κ1) is 11.2. The van der Waals surface area contributed by atoms with Crippen molar-refractivity contribution in [3.8, 4) is 0 Å². The van der Waals surface area contributed by atoms with Gasteiger partial charge in [-0.3, -0.25) is 4.79 Å². The Labute approximate surface area is 98.1 Å². The van der Waals surface area contributed by atoms with Gasteiger partial charge in [0.25, 0.3) is 5.91 Å². The summed E-state index contributed by atoms with van der Waals surface area (Å²) in [4.78, 5) is 11.7. The third-order valence-electron chi connectivity index (χ3n) is 2.31. The van der Waals surface area contributed by atoms with Crippen LogP contribution in [0, 0.1) is 6.92 Å². The maximum Gasteiger partial charge on any atom is 0.274 e. The third kappa shape index (κ3) is 2.44. The van der Waals surface area contributed by atoms with Gasteiger partial charge in [-0.2, -0.15) is 5.10 Å². The first-order valence-corrected chi connectivity index (χ1v) is 5.11. The van der Waals surface area contributed by atoms with Gasteiger partial charge in [-0.05, 0) is 32.0 Å². The van der Waals surface area contributed by atoms with Crippen LogP contribution in [0.25, 0.3) is 0 Å². The van der Waals surface area contributed by atoms with E-state index >= 15 is 0 Å². The number of hydrogen-bond acceptors (Lipinski definition) is 4. The highest BCUT2D eigenvalue weighted by Crippen LogP contribution is 2.08. The molecule has 0 atom stereocenters. The Morgan fingerprint density at radius 2 is 2.12 bits per heavy atom. The molecule has 88 valence electrons. The van der Waals surface area contributed by atoms with E-state index in [0.29, 0.717) is 22.8 Å². The topological polar surface area (TPSA) is 67.7 Å². The van der Waals surface area contributed by atoms with Crippen molar-refractivity contribution >= 4 is 11.6 Å². The van der Waals surface area contributed by atoms with E-state index in [1.54, 1.807) is 38.3 Å². The van der Waals surface area contributed by atoms with E-state index in [1.807, 2.05) is 0 Å². The Hall–Kier alpha value is -2.30. The minimum absolute atomic E-state index is 0.304. The second-order valence-corrected chi connectivity index (χ2v) is 3.51. The second kappa shape index (κ2) is 4.69. The van der Waals surface area contributed by atoms with Gasteiger partial charge in [0.1, 0.15) is 17.2 Å². The van der Waals surface area contributed by atoms with Gasteiger partial charge in [0.2, 0.25) is 0 Å². The summed E-state index contributed by atoms with van der Waals surface area (Å²) in [6.45, 7) is 3.47. The average Bonchev–Trinajstić information content (AvgIpc) is 2.95. The molecule has 5 nitrogen and oxygen atoms in total. The maximum absolute atomic E-state index is 11.7. The van der Waals surface area contributed by atoms with E-state index < -0.39 is 0 Å². The molecule has 0 bridgehead atoms. The van der Waals surface area contributed by atoms with Gasteiger partial charge in [-0.1, -0.05) is 0 Å². The van der Waals surface area contributed by atoms with Gasteiger partial charge in [-0.15, -0.1) is 0 Å². The van der Waals surface area contributed by atoms with Crippen LogP contribution in [0.2, 0.25) is 0 Å². The molecule has 0 aliphatic rings. The summed E-state index contributed by atoms with van der Waals surface area (Å²) in [5.41, 5.74) is 3.52. The fraction of sp³-hybridized carbons (Fsp3) is 0.167. The van der Waals surface area contributed by atoms with Crippen LogP contribution >= 0.6 is 0 Å². The zero-order valence-electron chi connectivity index (χ0n) is 9.56. The van der Waals surface area contributed by atoms with Crippen LogP contribution in [0.4, 0.5) is 0 Å². The number of carbonyl (C=O) groups excluding carboxylic acids is 1. The second-order valence-electron chi connectivity index (χ2n) is 3.51. The molecule has 0 aliphatic carbocycles. The lowest BCUT2D eigenvalue weighted by atomic mass is 10.2. The van der Waals surface area contributed by atoms with Gasteiger partial charge < -0.3 is 8.83 Å². The Balaban J connectivity index is 2.06. The van der Waals surface area contributed by atoms with Crippen LogP contribution in [0.5, 0.6) is 0 Å². The maximum atomic E-state index is 11.7. The zero-order valence-corrected chi connectivity index (χ0v) is 9.56. The van der Waals surface area contributed by atoms with Crippen molar-refractivity contribution in [3.05, 3.63) is 47.8 Å². The predicted octanol–water partition coefficient (Wildman–Crippen LogP) is 2.34. The predicted molar refractivity (Wildman–Crippen MR) is 61.8 cm³/mol. The molecule has 2 aromatic rings. The normalized spacial score (nSPS) is 11.5. The Morgan fingerprint density at radius 1 is 1.29 bits per heavy atom. The fourth-order valence-electron chi connectivity index (χ4n) is 1.35. The number of nitrogens with one attached hydrogen (secondary N) is 1. The summed E-state index contributed by atoms with van der Waals surface area (Å²) < 4.78 is 10.2. The minimum atomic E-state index is -0.304. The molecule has 0 aromatic carbocycles. The van der Waals surface area contributed by atoms with Crippen molar-refractivity contribution < 1.29 is 13.6 Å². The number of furan rings is 2. The molecule has 0 aliphatic heterocycles. The van der Waals surface area contributed by atoms with Crippen LogP contribution in [0.15, 0.2) is 44.7 Å². The summed E-state index contributed by atoms with van der Waals surface area (Å²) in [7, 11) is 0. The van der Waals surface area contributed by atoms with Gasteiger partial charge in [0.05, 0.1) is 18.1 Å². The average molecular weight is 232 g/mol. The summed E-state index contributed by atoms with van der Waals surface area (Å²) in [5.74, 6) is 0.879. The highest BCUT2D eigenvalue weighted by atomic mass is 16.3. The quantitative estimate of drug-likeness (QED) is 0.652. The molecule has 1 N–H and O–H groups in total. The smallest absolute Gasteiger partial charge is 0.274 e. The molecule has 17 heavy (non-hydrogen) atoms. The van der Waals surface area contributed by atoms with Gasteiger partial charge >= 0.3 is 0 Å². The Bertz CT molecular complexity index is 538. The fourth-order valence-corrected chi connectivity index (χ4v) is 1.35. The molecular weight excluding hydrogens is 220 g/mol. The Morgan fingerprint density at radius 3 is 2.71 bits per heavy atom. The number of nitrogens with zero attached hydrogens (tertiary/aromatic N) is 1. The molecule has 2 heterocycles. The number of amides is 1. The summed E-state index contributed by atoms with van der Waals surface area (Å²) in [6.07, 6.45) is 3.02. The van der Waals surface area contributed by atoms with E-state index in [2.05, 4.69) is 10.5 Å². The molecule has 0 saturated heterocycles. The molecule has 0 radical (unpaired) electrons. The molecule has 0 saturated carbocycles. The summed E-state index contributed by atoms with van der Waals surface area (Å²) >= 11 is 0. The molecule has 0 unspecified atom stereocenters. The standard InChI is InChI=1S/C12H12N2O3/c1-8(11-4-3-6-17-11)13-14-12(15)10-5-7-16-9(10)2/h3-7H,1-2H3,(H,14,15)/b13-8-. The molecule has 5 heteroatoms. The number of rotatable bonds is 3. The molecule has 0 spiro atoms. The van der Waals surface area contributed by atoms with E-state index in [4.69, 9.17) is 8.83 Å². The first-order chi connectivity index (χ1) is 8.18. The van der Waals surface area contributed by atoms with E-state index in [1.165, 1.54) is 6.26 Å². The lowest BCUT2D eigenvalue weighted by Crippen LogP contribution is -2.19. The number of aryl methyl sites for hydroxylation is 1. The van der Waals surface area contributed by atoms with Gasteiger partial charge in [-0.25, -0.2) is 5.43 Å². The number of hydrogen-bond donors (Lipinski definition) is 1. The van der Waals surface area contributed by atoms with Gasteiger partial charge in [0, 0.05) is 0 Å². The number of hydrazone groups is 1. The van der Waals surface area contributed by atoms with Crippen molar-refractivity contribution in [2.45, 2.75) is 13.8 Å². The Kier molecular flexibility index (Phi) is 3.09. The highest BCUT2D eigenvalue weighted by Gasteiger charge is 2.10. The van der Waals surface area contributed by atoms with E-state index in [9.17, 15) is 4.79 Å². The lowest BCUT2D eigenvalue weighted by molar-refractivity contribution is 0.0953. The van der Waals surface area contributed by atoms with Crippen molar-refractivity contribution in [1.29, 1.82) is 0 Å². The van der Waals surface area contributed by atoms with Crippen LogP contribution < -0.4 is 5.43 Å². The largest absolute Gasteiger partial charge is 0.469 e. The highest BCUT2D eigenvalue weighted by molar-refractivity contribution is 5.99. The van der Waals surface area contributed by atoms with E-state index in [-0.39, 0.29) is 5.91 Å². The third-order valence-corrected chi connectivity index (χ3v) is 2.31. The van der Waals surface area contributed by atoms with E-state index in [0.717, 1.165) is 0 Å². The van der Waals surface area contributed by atoms with Crippen molar-refractivity contribution in [2.75, 3.05) is 0 Å². The molecule has 2 rings (SSSR count).